The zero-order chi connectivity index (χ0) is 8.27. The van der Waals surface area contributed by atoms with Crippen molar-refractivity contribution in [2.45, 2.75) is 5.02 Å². The molecule has 0 unspecified atom stereocenters. The molecule has 0 N–H and O–H groups in total. The van der Waals surface area contributed by atoms with Gasteiger partial charge in [-0.1, -0.05) is 23.2 Å². The van der Waals surface area contributed by atoms with Crippen molar-refractivity contribution in [3.63, 3.8) is 0 Å². The number of hydrogen-bond donors (Lipinski definition) is 0. The van der Waals surface area contributed by atoms with Crippen LogP contribution in [-0.2, 0) is 0 Å². The SMILES string of the molecule is Fc1ccc(OC(Cl)Cl)cc1. The van der Waals surface area contributed by atoms with Crippen molar-refractivity contribution < 1.29 is 9.13 Å². The lowest BCUT2D eigenvalue weighted by molar-refractivity contribution is 0.353. The first-order valence-electron chi connectivity index (χ1n) is 2.89. The van der Waals surface area contributed by atoms with Crippen molar-refractivity contribution in [3.05, 3.63) is 30.1 Å². The minimum absolute atomic E-state index is 0.321. The van der Waals surface area contributed by atoms with E-state index in [2.05, 4.69) is 0 Å². The van der Waals surface area contributed by atoms with Crippen LogP contribution in [0.25, 0.3) is 0 Å². The highest BCUT2D eigenvalue weighted by Crippen LogP contribution is 2.15. The first-order chi connectivity index (χ1) is 5.18. The van der Waals surface area contributed by atoms with Crippen molar-refractivity contribution in [3.8, 4) is 5.75 Å². The molecule has 1 aromatic rings. The predicted octanol–water partition coefficient (Wildman–Crippen LogP) is 2.97. The Labute approximate surface area is 73.7 Å². The molecule has 0 saturated carbocycles. The van der Waals surface area contributed by atoms with Gasteiger partial charge in [-0.15, -0.1) is 0 Å². The molecule has 0 amide bonds. The van der Waals surface area contributed by atoms with Crippen LogP contribution in [-0.4, -0.2) is 5.02 Å². The summed E-state index contributed by atoms with van der Waals surface area (Å²) in [5, 5.41) is -0.916. The maximum atomic E-state index is 12.3. The smallest absolute Gasteiger partial charge is 0.247 e. The zero-order valence-corrected chi connectivity index (χ0v) is 6.94. The van der Waals surface area contributed by atoms with Crippen LogP contribution in [0.5, 0.6) is 5.75 Å². The van der Waals surface area contributed by atoms with Gasteiger partial charge in [-0.05, 0) is 24.3 Å². The Morgan fingerprint density at radius 1 is 1.18 bits per heavy atom. The lowest BCUT2D eigenvalue weighted by Gasteiger charge is -2.04. The van der Waals surface area contributed by atoms with Crippen molar-refractivity contribution in [1.82, 2.24) is 0 Å². The summed E-state index contributed by atoms with van der Waals surface area (Å²) in [6.45, 7) is 0. The van der Waals surface area contributed by atoms with Crippen LogP contribution < -0.4 is 4.74 Å². The molecule has 0 fully saturated rings. The summed E-state index contributed by atoms with van der Waals surface area (Å²) in [5.74, 6) is 0.124. The summed E-state index contributed by atoms with van der Waals surface area (Å²) in [6.07, 6.45) is 0. The van der Waals surface area contributed by atoms with Gasteiger partial charge in [0.25, 0.3) is 0 Å². The lowest BCUT2D eigenvalue weighted by Crippen LogP contribution is -1.98. The molecule has 1 aromatic carbocycles. The second-order valence-corrected chi connectivity index (χ2v) is 2.85. The van der Waals surface area contributed by atoms with E-state index in [1.807, 2.05) is 0 Å². The number of hydrogen-bond acceptors (Lipinski definition) is 1. The Balaban J connectivity index is 2.66. The summed E-state index contributed by atoms with van der Waals surface area (Å²) in [6, 6.07) is 5.44. The number of benzene rings is 1. The molecule has 0 spiro atoms. The van der Waals surface area contributed by atoms with Crippen LogP contribution in [0.4, 0.5) is 4.39 Å². The minimum Gasteiger partial charge on any atom is -0.461 e. The average molecular weight is 195 g/mol. The Morgan fingerprint density at radius 3 is 2.18 bits per heavy atom. The maximum Gasteiger partial charge on any atom is 0.247 e. The van der Waals surface area contributed by atoms with E-state index in [1.54, 1.807) is 0 Å². The molecule has 1 rings (SSSR count). The van der Waals surface area contributed by atoms with E-state index in [1.165, 1.54) is 24.3 Å². The quantitative estimate of drug-likeness (QED) is 0.659. The maximum absolute atomic E-state index is 12.3. The van der Waals surface area contributed by atoms with Gasteiger partial charge in [-0.25, -0.2) is 4.39 Å². The Hall–Kier alpha value is -0.470. The molecular weight excluding hydrogens is 190 g/mol. The molecular formula is C7H5Cl2FO. The third-order valence-electron chi connectivity index (χ3n) is 1.04. The Bertz CT molecular complexity index is 222. The molecule has 0 aliphatic rings. The van der Waals surface area contributed by atoms with Crippen molar-refractivity contribution in [2.24, 2.45) is 0 Å². The van der Waals surface area contributed by atoms with E-state index < -0.39 is 5.02 Å². The summed E-state index contributed by atoms with van der Waals surface area (Å²) in [5.41, 5.74) is 0. The average Bonchev–Trinajstić information content (AvgIpc) is 1.93. The van der Waals surface area contributed by atoms with Gasteiger partial charge in [-0.3, -0.25) is 0 Å². The van der Waals surface area contributed by atoms with Gasteiger partial charge >= 0.3 is 0 Å². The highest BCUT2D eigenvalue weighted by atomic mass is 35.5. The molecule has 0 aliphatic carbocycles. The molecule has 0 atom stereocenters. The fourth-order valence-electron chi connectivity index (χ4n) is 0.616. The summed E-state index contributed by atoms with van der Waals surface area (Å²) in [4.78, 5) is 0. The highest BCUT2D eigenvalue weighted by molar-refractivity contribution is 6.43. The number of alkyl halides is 2. The Kier molecular flexibility index (Phi) is 2.97. The molecule has 0 radical (unpaired) electrons. The van der Waals surface area contributed by atoms with Crippen LogP contribution in [0.1, 0.15) is 0 Å². The molecule has 0 saturated heterocycles. The van der Waals surface area contributed by atoms with Gasteiger partial charge in [0.15, 0.2) is 0 Å². The highest BCUT2D eigenvalue weighted by Gasteiger charge is 1.99. The van der Waals surface area contributed by atoms with Crippen LogP contribution in [0.15, 0.2) is 24.3 Å². The van der Waals surface area contributed by atoms with E-state index in [4.69, 9.17) is 27.9 Å². The zero-order valence-electron chi connectivity index (χ0n) is 5.43. The van der Waals surface area contributed by atoms with Gasteiger partial charge < -0.3 is 4.74 Å². The van der Waals surface area contributed by atoms with Gasteiger partial charge in [0.2, 0.25) is 5.02 Å². The second-order valence-electron chi connectivity index (χ2n) is 1.83. The lowest BCUT2D eigenvalue weighted by atomic mass is 10.3. The summed E-state index contributed by atoms with van der Waals surface area (Å²) in [7, 11) is 0. The van der Waals surface area contributed by atoms with Gasteiger partial charge in [0.05, 0.1) is 0 Å². The third kappa shape index (κ3) is 2.95. The van der Waals surface area contributed by atoms with Crippen molar-refractivity contribution >= 4 is 23.2 Å². The van der Waals surface area contributed by atoms with Crippen LogP contribution in [0.2, 0.25) is 0 Å². The van der Waals surface area contributed by atoms with E-state index in [-0.39, 0.29) is 5.82 Å². The van der Waals surface area contributed by atoms with Gasteiger partial charge in [0.1, 0.15) is 11.6 Å². The van der Waals surface area contributed by atoms with Gasteiger partial charge in [-0.2, -0.15) is 0 Å². The minimum atomic E-state index is -0.916. The second kappa shape index (κ2) is 3.79. The largest absolute Gasteiger partial charge is 0.461 e. The number of ether oxygens (including phenoxy) is 1. The third-order valence-corrected chi connectivity index (χ3v) is 1.22. The predicted molar refractivity (Wildman–Crippen MR) is 42.5 cm³/mol. The van der Waals surface area contributed by atoms with Crippen LogP contribution in [0, 0.1) is 5.82 Å². The topological polar surface area (TPSA) is 9.23 Å². The monoisotopic (exact) mass is 194 g/mol. The van der Waals surface area contributed by atoms with E-state index in [0.29, 0.717) is 5.75 Å². The normalized spacial score (nSPS) is 10.2. The van der Waals surface area contributed by atoms with E-state index in [9.17, 15) is 4.39 Å². The van der Waals surface area contributed by atoms with E-state index in [0.717, 1.165) is 0 Å². The Morgan fingerprint density at radius 2 is 1.73 bits per heavy atom. The van der Waals surface area contributed by atoms with Crippen molar-refractivity contribution in [2.75, 3.05) is 0 Å². The molecule has 0 heterocycles. The fraction of sp³-hybridized carbons (Fsp3) is 0.143. The van der Waals surface area contributed by atoms with Crippen LogP contribution in [0.3, 0.4) is 0 Å². The summed E-state index contributed by atoms with van der Waals surface area (Å²) < 4.78 is 17.1. The summed E-state index contributed by atoms with van der Waals surface area (Å²) >= 11 is 10.6. The van der Waals surface area contributed by atoms with Crippen LogP contribution >= 0.6 is 23.2 Å². The molecule has 11 heavy (non-hydrogen) atoms. The standard InChI is InChI=1S/C7H5Cl2FO/c8-7(9)11-6-3-1-5(10)2-4-6/h1-4,7H. The first kappa shape index (κ1) is 8.62. The number of halogens is 3. The van der Waals surface area contributed by atoms with Crippen molar-refractivity contribution in [1.29, 1.82) is 0 Å². The van der Waals surface area contributed by atoms with E-state index >= 15 is 0 Å². The molecule has 1 nitrogen and oxygen atoms in total. The van der Waals surface area contributed by atoms with Gasteiger partial charge in [0, 0.05) is 0 Å². The molecule has 60 valence electrons. The molecule has 0 aromatic heterocycles. The number of rotatable bonds is 2. The first-order valence-corrected chi connectivity index (χ1v) is 3.76. The fourth-order valence-corrected chi connectivity index (χ4v) is 0.822. The molecule has 4 heteroatoms. The molecule has 0 aliphatic heterocycles. The molecule has 0 bridgehead atoms.